The SMILES string of the molecule is CN1CCNc2ncnc3c2C(C=Nc2ccc(N4CCOCC4)c(c2)OCCCCC1=O)C(=O)N3. The van der Waals surface area contributed by atoms with Crippen molar-refractivity contribution in [1.29, 1.82) is 0 Å². The van der Waals surface area contributed by atoms with Crippen LogP contribution in [-0.4, -0.2) is 85.9 Å². The summed E-state index contributed by atoms with van der Waals surface area (Å²) in [5.41, 5.74) is 2.33. The Hall–Kier alpha value is -3.73. The van der Waals surface area contributed by atoms with E-state index < -0.39 is 5.92 Å². The number of likely N-dealkylation sites (N-methyl/N-ethyl adjacent to an activating group) is 1. The molecule has 2 bridgehead atoms. The summed E-state index contributed by atoms with van der Waals surface area (Å²) in [6, 6.07) is 5.83. The van der Waals surface area contributed by atoms with E-state index in [1.54, 1.807) is 18.2 Å². The predicted molar refractivity (Wildman–Crippen MR) is 137 cm³/mol. The molecular formula is C25H31N7O4. The van der Waals surface area contributed by atoms with Crippen molar-refractivity contribution in [1.82, 2.24) is 14.9 Å². The number of hydrogen-bond acceptors (Lipinski definition) is 9. The number of nitrogens with zero attached hydrogens (tertiary/aromatic N) is 5. The van der Waals surface area contributed by atoms with E-state index >= 15 is 0 Å². The zero-order chi connectivity index (χ0) is 24.9. The van der Waals surface area contributed by atoms with Gasteiger partial charge in [-0.15, -0.1) is 0 Å². The lowest BCUT2D eigenvalue weighted by molar-refractivity contribution is -0.129. The summed E-state index contributed by atoms with van der Waals surface area (Å²) in [7, 11) is 1.80. The van der Waals surface area contributed by atoms with Crippen molar-refractivity contribution in [3.63, 3.8) is 0 Å². The number of amides is 2. The third-order valence-corrected chi connectivity index (χ3v) is 6.59. The number of rotatable bonds is 1. The first-order valence-corrected chi connectivity index (χ1v) is 12.4. The van der Waals surface area contributed by atoms with Crippen molar-refractivity contribution in [3.8, 4) is 5.75 Å². The van der Waals surface area contributed by atoms with Crippen LogP contribution in [0.3, 0.4) is 0 Å². The molecule has 2 N–H and O–H groups in total. The lowest BCUT2D eigenvalue weighted by Gasteiger charge is -2.30. The maximum Gasteiger partial charge on any atom is 0.238 e. The standard InChI is InChI=1S/C25H31N7O4/c1-31-8-7-26-23-22-18(25(34)30-24(22)29-16-28-23)15-27-17-5-6-19(32-9-12-35-13-10-32)20(14-17)36-11-3-2-4-21(31)33/h5-6,14-16,18H,2-4,7-13H2,1H3,(H2,26,28,29,30,34). The van der Waals surface area contributed by atoms with E-state index in [1.165, 1.54) is 6.33 Å². The summed E-state index contributed by atoms with van der Waals surface area (Å²) in [4.78, 5) is 42.5. The quantitative estimate of drug-likeness (QED) is 0.620. The number of carbonyl (C=O) groups excluding carboxylic acids is 2. The lowest BCUT2D eigenvalue weighted by atomic mass is 10.0. The molecular weight excluding hydrogens is 462 g/mol. The maximum absolute atomic E-state index is 12.8. The van der Waals surface area contributed by atoms with Crippen LogP contribution in [0, 0.1) is 0 Å². The average Bonchev–Trinajstić information content (AvgIpc) is 3.22. The molecule has 1 saturated heterocycles. The first kappa shape index (κ1) is 24.0. The van der Waals surface area contributed by atoms with Crippen molar-refractivity contribution in [3.05, 3.63) is 30.1 Å². The Morgan fingerprint density at radius 2 is 1.86 bits per heavy atom. The van der Waals surface area contributed by atoms with Crippen LogP contribution in [0.5, 0.6) is 5.75 Å². The fourth-order valence-corrected chi connectivity index (χ4v) is 4.54. The molecule has 1 atom stereocenters. The number of fused-ring (bicyclic) bond motifs is 2. The lowest BCUT2D eigenvalue weighted by Crippen LogP contribution is -2.36. The number of ether oxygens (including phenoxy) is 2. The molecule has 3 aliphatic rings. The Morgan fingerprint density at radius 3 is 2.72 bits per heavy atom. The van der Waals surface area contributed by atoms with Gasteiger partial charge in [-0.1, -0.05) is 0 Å². The van der Waals surface area contributed by atoms with Gasteiger partial charge in [0.2, 0.25) is 11.8 Å². The van der Waals surface area contributed by atoms with Crippen molar-refractivity contribution < 1.29 is 19.1 Å². The van der Waals surface area contributed by atoms with Gasteiger partial charge < -0.3 is 29.9 Å². The van der Waals surface area contributed by atoms with Gasteiger partial charge in [-0.05, 0) is 25.0 Å². The second-order valence-electron chi connectivity index (χ2n) is 9.03. The zero-order valence-electron chi connectivity index (χ0n) is 20.4. The predicted octanol–water partition coefficient (Wildman–Crippen LogP) is 2.18. The van der Waals surface area contributed by atoms with E-state index in [9.17, 15) is 9.59 Å². The smallest absolute Gasteiger partial charge is 0.238 e. The van der Waals surface area contributed by atoms with Crippen LogP contribution in [0.25, 0.3) is 0 Å². The van der Waals surface area contributed by atoms with Crippen molar-refractivity contribution in [2.24, 2.45) is 4.99 Å². The van der Waals surface area contributed by atoms with E-state index in [0.717, 1.165) is 37.4 Å². The molecule has 0 spiro atoms. The van der Waals surface area contributed by atoms with E-state index in [-0.39, 0.29) is 11.8 Å². The molecule has 4 heterocycles. The monoisotopic (exact) mass is 493 g/mol. The molecule has 11 heteroatoms. The maximum atomic E-state index is 12.8. The molecule has 2 amide bonds. The Morgan fingerprint density at radius 1 is 1.03 bits per heavy atom. The Bertz CT molecular complexity index is 1150. The Labute approximate surface area is 209 Å². The van der Waals surface area contributed by atoms with Crippen LogP contribution >= 0.6 is 0 Å². The molecule has 1 unspecified atom stereocenters. The molecule has 0 saturated carbocycles. The minimum absolute atomic E-state index is 0.0868. The van der Waals surface area contributed by atoms with Gasteiger partial charge in [-0.25, -0.2) is 9.97 Å². The van der Waals surface area contributed by atoms with E-state index in [4.69, 9.17) is 9.47 Å². The molecule has 1 fully saturated rings. The fourth-order valence-electron chi connectivity index (χ4n) is 4.54. The van der Waals surface area contributed by atoms with Crippen LogP contribution < -0.4 is 20.3 Å². The van der Waals surface area contributed by atoms with Crippen LogP contribution in [-0.2, 0) is 14.3 Å². The van der Waals surface area contributed by atoms with Gasteiger partial charge in [-0.3, -0.25) is 14.6 Å². The van der Waals surface area contributed by atoms with Crippen molar-refractivity contribution >= 4 is 41.0 Å². The number of aromatic nitrogens is 2. The summed E-state index contributed by atoms with van der Waals surface area (Å²) in [6.07, 6.45) is 5.02. The summed E-state index contributed by atoms with van der Waals surface area (Å²) < 4.78 is 11.7. The summed E-state index contributed by atoms with van der Waals surface area (Å²) in [5, 5.41) is 6.08. The topological polar surface area (TPSA) is 121 Å². The highest BCUT2D eigenvalue weighted by Crippen LogP contribution is 2.36. The Kier molecular flexibility index (Phi) is 7.26. The third kappa shape index (κ3) is 5.25. The van der Waals surface area contributed by atoms with E-state index in [2.05, 4.69) is 30.5 Å². The highest BCUT2D eigenvalue weighted by atomic mass is 16.5. The summed E-state index contributed by atoms with van der Waals surface area (Å²) in [6.45, 7) is 4.43. The van der Waals surface area contributed by atoms with Gasteiger partial charge in [0.25, 0.3) is 0 Å². The molecule has 190 valence electrons. The largest absolute Gasteiger partial charge is 0.491 e. The van der Waals surface area contributed by atoms with Gasteiger partial charge in [0.15, 0.2) is 0 Å². The molecule has 2 aromatic rings. The second-order valence-corrected chi connectivity index (χ2v) is 9.03. The van der Waals surface area contributed by atoms with Gasteiger partial charge in [0, 0.05) is 51.9 Å². The normalized spacial score (nSPS) is 21.1. The summed E-state index contributed by atoms with van der Waals surface area (Å²) in [5.74, 6) is 1.01. The van der Waals surface area contributed by atoms with Crippen molar-refractivity contribution in [2.45, 2.75) is 25.2 Å². The molecule has 0 radical (unpaired) electrons. The molecule has 1 aromatic carbocycles. The number of anilines is 3. The number of aliphatic imine (C=N–C) groups is 1. The first-order chi connectivity index (χ1) is 17.6. The minimum atomic E-state index is -0.634. The van der Waals surface area contributed by atoms with Crippen LogP contribution in [0.15, 0.2) is 29.5 Å². The minimum Gasteiger partial charge on any atom is -0.491 e. The highest BCUT2D eigenvalue weighted by Gasteiger charge is 2.34. The number of morpholine rings is 1. The average molecular weight is 494 g/mol. The molecule has 11 nitrogen and oxygen atoms in total. The number of carbonyl (C=O) groups is 2. The van der Waals surface area contributed by atoms with Crippen molar-refractivity contribution in [2.75, 3.05) is 68.6 Å². The van der Waals surface area contributed by atoms with Crippen LogP contribution in [0.1, 0.15) is 30.7 Å². The van der Waals surface area contributed by atoms with E-state index in [1.807, 2.05) is 18.2 Å². The fraction of sp³-hybridized carbons (Fsp3) is 0.480. The van der Waals surface area contributed by atoms with Crippen LogP contribution in [0.4, 0.5) is 23.0 Å². The highest BCUT2D eigenvalue weighted by molar-refractivity contribution is 6.13. The molecule has 36 heavy (non-hydrogen) atoms. The zero-order valence-corrected chi connectivity index (χ0v) is 20.4. The molecule has 0 aliphatic carbocycles. The third-order valence-electron chi connectivity index (χ3n) is 6.59. The molecule has 3 aliphatic heterocycles. The van der Waals surface area contributed by atoms with Gasteiger partial charge in [0.05, 0.1) is 36.8 Å². The van der Waals surface area contributed by atoms with Gasteiger partial charge >= 0.3 is 0 Å². The van der Waals surface area contributed by atoms with Gasteiger partial charge in [-0.2, -0.15) is 0 Å². The molecule has 1 aromatic heterocycles. The van der Waals surface area contributed by atoms with Gasteiger partial charge in [0.1, 0.15) is 29.6 Å². The Balaban J connectivity index is 1.47. The van der Waals surface area contributed by atoms with Crippen LogP contribution in [0.2, 0.25) is 0 Å². The number of nitrogens with one attached hydrogen (secondary N) is 2. The van der Waals surface area contributed by atoms with E-state index in [0.29, 0.717) is 62.2 Å². The number of benzene rings is 1. The molecule has 5 rings (SSSR count). The first-order valence-electron chi connectivity index (χ1n) is 12.4. The second kappa shape index (κ2) is 10.9. The number of hydrogen-bond donors (Lipinski definition) is 2. The summed E-state index contributed by atoms with van der Waals surface area (Å²) >= 11 is 0.